The maximum atomic E-state index is 12.2. The van der Waals surface area contributed by atoms with Gasteiger partial charge in [-0.1, -0.05) is 17.7 Å². The van der Waals surface area contributed by atoms with Gasteiger partial charge < -0.3 is 4.74 Å². The first-order chi connectivity index (χ1) is 9.24. The molecule has 6 heteroatoms. The van der Waals surface area contributed by atoms with Crippen LogP contribution in [-0.2, 0) is 4.74 Å². The molecule has 1 aromatic heterocycles. The van der Waals surface area contributed by atoms with Crippen LogP contribution in [0.1, 0.15) is 26.3 Å². The van der Waals surface area contributed by atoms with Gasteiger partial charge in [0.25, 0.3) is 0 Å². The number of nitriles is 1. The van der Waals surface area contributed by atoms with Crippen LogP contribution in [-0.4, -0.2) is 16.3 Å². The summed E-state index contributed by atoms with van der Waals surface area (Å²) in [7, 11) is 0. The lowest BCUT2D eigenvalue weighted by Crippen LogP contribution is -2.26. The molecular formula is C14H12ClIN2O2. The summed E-state index contributed by atoms with van der Waals surface area (Å²) in [4.78, 5) is 12.2. The number of hydrogen-bond acceptors (Lipinski definition) is 3. The third-order valence-corrected chi connectivity index (χ3v) is 3.81. The first-order valence-corrected chi connectivity index (χ1v) is 7.33. The second-order valence-corrected chi connectivity index (χ2v) is 6.80. The van der Waals surface area contributed by atoms with Gasteiger partial charge in [-0.25, -0.2) is 9.36 Å². The van der Waals surface area contributed by atoms with Gasteiger partial charge in [-0.05, 0) is 49.4 Å². The Morgan fingerprint density at radius 2 is 2.10 bits per heavy atom. The summed E-state index contributed by atoms with van der Waals surface area (Å²) in [5.74, 6) is 0. The van der Waals surface area contributed by atoms with E-state index in [2.05, 4.69) is 22.6 Å². The monoisotopic (exact) mass is 402 g/mol. The summed E-state index contributed by atoms with van der Waals surface area (Å²) in [5, 5.41) is 10.1. The van der Waals surface area contributed by atoms with Gasteiger partial charge >= 0.3 is 6.09 Å². The van der Waals surface area contributed by atoms with Crippen LogP contribution in [0.25, 0.3) is 10.9 Å². The average Bonchev–Trinajstić information content (AvgIpc) is 2.66. The van der Waals surface area contributed by atoms with Crippen LogP contribution in [0.5, 0.6) is 0 Å². The molecule has 2 aromatic rings. The number of fused-ring (bicyclic) bond motifs is 1. The first-order valence-electron chi connectivity index (χ1n) is 5.87. The molecule has 0 unspecified atom stereocenters. The zero-order valence-corrected chi connectivity index (χ0v) is 14.1. The Kier molecular flexibility index (Phi) is 3.98. The van der Waals surface area contributed by atoms with Crippen molar-refractivity contribution in [2.45, 2.75) is 26.4 Å². The molecule has 0 aliphatic rings. The maximum absolute atomic E-state index is 12.2. The van der Waals surface area contributed by atoms with Gasteiger partial charge in [0, 0.05) is 15.2 Å². The fraction of sp³-hybridized carbons (Fsp3) is 0.286. The van der Waals surface area contributed by atoms with Gasteiger partial charge in [0.1, 0.15) is 11.7 Å². The molecule has 0 saturated carbocycles. The zero-order chi connectivity index (χ0) is 15.1. The van der Waals surface area contributed by atoms with Gasteiger partial charge in [-0.2, -0.15) is 5.26 Å². The van der Waals surface area contributed by atoms with Crippen LogP contribution in [0, 0.1) is 14.9 Å². The molecule has 20 heavy (non-hydrogen) atoms. The molecule has 0 spiro atoms. The molecule has 0 aliphatic heterocycles. The molecule has 0 bridgehead atoms. The van der Waals surface area contributed by atoms with Gasteiger partial charge in [0.2, 0.25) is 0 Å². The minimum atomic E-state index is -0.599. The predicted octanol–water partition coefficient (Wildman–Crippen LogP) is 4.55. The minimum Gasteiger partial charge on any atom is -0.443 e. The molecule has 0 atom stereocenters. The number of carbonyl (C=O) groups is 1. The lowest BCUT2D eigenvalue weighted by Gasteiger charge is -2.20. The molecule has 1 aromatic carbocycles. The normalized spacial score (nSPS) is 11.4. The van der Waals surface area contributed by atoms with E-state index in [1.54, 1.807) is 39.1 Å². The largest absolute Gasteiger partial charge is 0.443 e. The predicted molar refractivity (Wildman–Crippen MR) is 86.0 cm³/mol. The SMILES string of the molecule is CC(C)(C)OC(=O)n1cc(I)c2ccc(C#N)c(Cl)c21. The van der Waals surface area contributed by atoms with Crippen molar-refractivity contribution in [2.75, 3.05) is 0 Å². The van der Waals surface area contributed by atoms with Crippen molar-refractivity contribution in [3.05, 3.63) is 32.5 Å². The van der Waals surface area contributed by atoms with Crippen molar-refractivity contribution in [3.63, 3.8) is 0 Å². The van der Waals surface area contributed by atoms with E-state index in [1.165, 1.54) is 4.57 Å². The molecule has 4 nitrogen and oxygen atoms in total. The van der Waals surface area contributed by atoms with E-state index in [-0.39, 0.29) is 5.02 Å². The summed E-state index contributed by atoms with van der Waals surface area (Å²) >= 11 is 8.34. The highest BCUT2D eigenvalue weighted by atomic mass is 127. The van der Waals surface area contributed by atoms with E-state index in [0.717, 1.165) is 8.96 Å². The standard InChI is InChI=1S/C14H12ClIN2O2/c1-14(2,3)20-13(19)18-7-10(16)9-5-4-8(6-17)11(15)12(9)18/h4-5,7H,1-3H3. The Hall–Kier alpha value is -1.26. The fourth-order valence-electron chi connectivity index (χ4n) is 1.78. The molecule has 1 heterocycles. The van der Waals surface area contributed by atoms with Crippen LogP contribution in [0.3, 0.4) is 0 Å². The van der Waals surface area contributed by atoms with Crippen molar-refractivity contribution in [1.82, 2.24) is 4.57 Å². The molecule has 104 valence electrons. The van der Waals surface area contributed by atoms with E-state index in [1.807, 2.05) is 6.07 Å². The van der Waals surface area contributed by atoms with Gasteiger partial charge in [-0.3, -0.25) is 0 Å². The minimum absolute atomic E-state index is 0.263. The van der Waals surface area contributed by atoms with Crippen LogP contribution >= 0.6 is 34.2 Å². The number of carbonyl (C=O) groups excluding carboxylic acids is 1. The first kappa shape index (κ1) is 15.1. The Labute approximate surface area is 135 Å². The number of nitrogens with zero attached hydrogens (tertiary/aromatic N) is 2. The molecule has 0 saturated heterocycles. The maximum Gasteiger partial charge on any atom is 0.419 e. The summed E-state index contributed by atoms with van der Waals surface area (Å²) in [5.41, 5.74) is 0.237. The summed E-state index contributed by atoms with van der Waals surface area (Å²) in [6.07, 6.45) is 1.15. The molecular weight excluding hydrogens is 391 g/mol. The van der Waals surface area contributed by atoms with E-state index < -0.39 is 11.7 Å². The van der Waals surface area contributed by atoms with E-state index in [9.17, 15) is 4.79 Å². The highest BCUT2D eigenvalue weighted by Crippen LogP contribution is 2.32. The van der Waals surface area contributed by atoms with Gasteiger partial charge in [0.05, 0.1) is 16.1 Å². The van der Waals surface area contributed by atoms with E-state index in [4.69, 9.17) is 21.6 Å². The zero-order valence-electron chi connectivity index (χ0n) is 11.2. The topological polar surface area (TPSA) is 55.0 Å². The van der Waals surface area contributed by atoms with Gasteiger partial charge in [-0.15, -0.1) is 0 Å². The van der Waals surface area contributed by atoms with Crippen LogP contribution in [0.4, 0.5) is 4.79 Å². The lowest BCUT2D eigenvalue weighted by atomic mass is 10.2. The number of aromatic nitrogens is 1. The summed E-state index contributed by atoms with van der Waals surface area (Å²) in [6, 6.07) is 5.44. The highest BCUT2D eigenvalue weighted by molar-refractivity contribution is 14.1. The molecule has 0 fully saturated rings. The summed E-state index contributed by atoms with van der Waals surface area (Å²) < 4.78 is 7.58. The van der Waals surface area contributed by atoms with Crippen molar-refractivity contribution in [3.8, 4) is 6.07 Å². The Morgan fingerprint density at radius 1 is 1.45 bits per heavy atom. The van der Waals surface area contributed by atoms with Gasteiger partial charge in [0.15, 0.2) is 0 Å². The van der Waals surface area contributed by atoms with Crippen molar-refractivity contribution >= 4 is 51.2 Å². The van der Waals surface area contributed by atoms with Crippen molar-refractivity contribution in [1.29, 1.82) is 5.26 Å². The highest BCUT2D eigenvalue weighted by Gasteiger charge is 2.22. The van der Waals surface area contributed by atoms with Crippen LogP contribution < -0.4 is 0 Å². The lowest BCUT2D eigenvalue weighted by molar-refractivity contribution is 0.0544. The molecule has 0 amide bonds. The number of halogens is 2. The Balaban J connectivity index is 2.66. The van der Waals surface area contributed by atoms with Crippen LogP contribution in [0.15, 0.2) is 18.3 Å². The van der Waals surface area contributed by atoms with Crippen molar-refractivity contribution in [2.24, 2.45) is 0 Å². The average molecular weight is 403 g/mol. The smallest absolute Gasteiger partial charge is 0.419 e. The number of hydrogen-bond donors (Lipinski definition) is 0. The fourth-order valence-corrected chi connectivity index (χ4v) is 2.79. The number of rotatable bonds is 0. The van der Waals surface area contributed by atoms with E-state index >= 15 is 0 Å². The third kappa shape index (κ3) is 2.76. The second-order valence-electron chi connectivity index (χ2n) is 5.26. The third-order valence-electron chi connectivity index (χ3n) is 2.57. The summed E-state index contributed by atoms with van der Waals surface area (Å²) in [6.45, 7) is 5.39. The van der Waals surface area contributed by atoms with Crippen LogP contribution in [0.2, 0.25) is 5.02 Å². The molecule has 0 aliphatic carbocycles. The molecule has 0 N–H and O–H groups in total. The van der Waals surface area contributed by atoms with E-state index in [0.29, 0.717) is 11.1 Å². The number of ether oxygens (including phenoxy) is 1. The second kappa shape index (κ2) is 5.26. The Bertz CT molecular complexity index is 738. The molecule has 0 radical (unpaired) electrons. The Morgan fingerprint density at radius 3 is 2.65 bits per heavy atom. The van der Waals surface area contributed by atoms with Crippen molar-refractivity contribution < 1.29 is 9.53 Å². The number of benzene rings is 1. The molecule has 2 rings (SSSR count). The quantitative estimate of drug-likeness (QED) is 0.607.